The number of aliphatic hydroxyl groups excluding tert-OH is 1. The summed E-state index contributed by atoms with van der Waals surface area (Å²) in [7, 11) is 0. The molecule has 0 unspecified atom stereocenters. The minimum absolute atomic E-state index is 0.0387. The van der Waals surface area contributed by atoms with Gasteiger partial charge < -0.3 is 10.0 Å². The van der Waals surface area contributed by atoms with Crippen LogP contribution in [-0.2, 0) is 26.1 Å². The molecule has 1 aliphatic rings. The van der Waals surface area contributed by atoms with E-state index in [4.69, 9.17) is 5.11 Å². The Kier molecular flexibility index (Phi) is 4.33. The van der Waals surface area contributed by atoms with E-state index < -0.39 is 0 Å². The number of aliphatic hydroxyl groups is 1. The third kappa shape index (κ3) is 3.20. The molecule has 3 aromatic rings. The number of thiazole rings is 1. The van der Waals surface area contributed by atoms with Gasteiger partial charge in [0.25, 0.3) is 5.91 Å². The number of rotatable bonds is 5. The molecule has 1 N–H and O–H groups in total. The van der Waals surface area contributed by atoms with Crippen molar-refractivity contribution in [2.45, 2.75) is 26.1 Å². The predicted octanol–water partition coefficient (Wildman–Crippen LogP) is 2.08. The van der Waals surface area contributed by atoms with Crippen molar-refractivity contribution in [2.75, 3.05) is 6.61 Å². The molecule has 7 heteroatoms. The van der Waals surface area contributed by atoms with Gasteiger partial charge >= 0.3 is 0 Å². The minimum atomic E-state index is -0.0534. The smallest absolute Gasteiger partial charge is 0.273 e. The Balaban J connectivity index is 1.45. The standard InChI is InChI=1S/C18H18N4O2S/c23-7-6-22-16-11-21(10-14(16)9-19-22)18(24)15-12-25-17(20-15)8-13-4-2-1-3-5-13/h1-5,9,12,23H,6-8,10-11H2. The molecule has 2 aromatic heterocycles. The SMILES string of the molecule is O=C(c1csc(Cc2ccccc2)n1)N1Cc2cnn(CCO)c2C1. The molecule has 3 heterocycles. The summed E-state index contributed by atoms with van der Waals surface area (Å²) in [6, 6.07) is 10.1. The number of hydrogen-bond acceptors (Lipinski definition) is 5. The third-order valence-electron chi connectivity index (χ3n) is 4.31. The zero-order valence-electron chi connectivity index (χ0n) is 13.6. The van der Waals surface area contributed by atoms with Gasteiger partial charge in [-0.15, -0.1) is 11.3 Å². The summed E-state index contributed by atoms with van der Waals surface area (Å²) in [5.41, 5.74) is 3.74. The second-order valence-electron chi connectivity index (χ2n) is 6.01. The van der Waals surface area contributed by atoms with Crippen LogP contribution in [0.2, 0.25) is 0 Å². The summed E-state index contributed by atoms with van der Waals surface area (Å²) in [6.07, 6.45) is 2.52. The summed E-state index contributed by atoms with van der Waals surface area (Å²) in [5, 5.41) is 16.1. The average Bonchev–Trinajstić information content (AvgIpc) is 3.33. The number of benzene rings is 1. The van der Waals surface area contributed by atoms with Crippen LogP contribution >= 0.6 is 11.3 Å². The summed E-state index contributed by atoms with van der Waals surface area (Å²) >= 11 is 1.52. The van der Waals surface area contributed by atoms with E-state index >= 15 is 0 Å². The lowest BCUT2D eigenvalue weighted by Crippen LogP contribution is -2.26. The molecule has 1 aliphatic heterocycles. The lowest BCUT2D eigenvalue weighted by atomic mass is 10.2. The average molecular weight is 354 g/mol. The van der Waals surface area contributed by atoms with Crippen LogP contribution in [0.3, 0.4) is 0 Å². The van der Waals surface area contributed by atoms with Crippen LogP contribution < -0.4 is 0 Å². The molecule has 128 valence electrons. The van der Waals surface area contributed by atoms with E-state index in [1.807, 2.05) is 23.6 Å². The fourth-order valence-electron chi connectivity index (χ4n) is 3.06. The van der Waals surface area contributed by atoms with E-state index in [-0.39, 0.29) is 12.5 Å². The van der Waals surface area contributed by atoms with E-state index in [1.54, 1.807) is 15.8 Å². The molecule has 6 nitrogen and oxygen atoms in total. The highest BCUT2D eigenvalue weighted by atomic mass is 32.1. The molecule has 0 saturated heterocycles. The van der Waals surface area contributed by atoms with E-state index in [9.17, 15) is 4.79 Å². The molecule has 0 fully saturated rings. The Bertz CT molecular complexity index is 888. The molecule has 0 atom stereocenters. The number of amides is 1. The van der Waals surface area contributed by atoms with Crippen molar-refractivity contribution in [2.24, 2.45) is 0 Å². The Morgan fingerprint density at radius 2 is 2.08 bits per heavy atom. The van der Waals surface area contributed by atoms with Crippen LogP contribution in [0.15, 0.2) is 41.9 Å². The van der Waals surface area contributed by atoms with Gasteiger partial charge in [0, 0.05) is 23.9 Å². The third-order valence-corrected chi connectivity index (χ3v) is 5.15. The van der Waals surface area contributed by atoms with Crippen molar-refractivity contribution >= 4 is 17.2 Å². The van der Waals surface area contributed by atoms with Gasteiger partial charge in [-0.1, -0.05) is 30.3 Å². The van der Waals surface area contributed by atoms with Crippen LogP contribution in [0.4, 0.5) is 0 Å². The van der Waals surface area contributed by atoms with E-state index in [0.29, 0.717) is 25.3 Å². The Hall–Kier alpha value is -2.51. The first-order chi connectivity index (χ1) is 12.2. The van der Waals surface area contributed by atoms with Crippen molar-refractivity contribution in [3.05, 3.63) is 69.4 Å². The van der Waals surface area contributed by atoms with E-state index in [2.05, 4.69) is 22.2 Å². The van der Waals surface area contributed by atoms with Crippen molar-refractivity contribution in [3.63, 3.8) is 0 Å². The summed E-state index contributed by atoms with van der Waals surface area (Å²) in [5.74, 6) is -0.0534. The van der Waals surface area contributed by atoms with Gasteiger partial charge in [-0.25, -0.2) is 4.98 Å². The zero-order valence-corrected chi connectivity index (χ0v) is 14.4. The quantitative estimate of drug-likeness (QED) is 0.761. The molecule has 0 aliphatic carbocycles. The Morgan fingerprint density at radius 3 is 2.88 bits per heavy atom. The van der Waals surface area contributed by atoms with Crippen LogP contribution in [0.25, 0.3) is 0 Å². The maximum Gasteiger partial charge on any atom is 0.273 e. The fourth-order valence-corrected chi connectivity index (χ4v) is 3.86. The van der Waals surface area contributed by atoms with Gasteiger partial charge in [-0.3, -0.25) is 9.48 Å². The predicted molar refractivity (Wildman–Crippen MR) is 94.3 cm³/mol. The highest BCUT2D eigenvalue weighted by Crippen LogP contribution is 2.25. The first kappa shape index (κ1) is 16.0. The Morgan fingerprint density at radius 1 is 1.24 bits per heavy atom. The summed E-state index contributed by atoms with van der Waals surface area (Å²) in [6.45, 7) is 1.55. The highest BCUT2D eigenvalue weighted by Gasteiger charge is 2.28. The topological polar surface area (TPSA) is 71.2 Å². The molecule has 1 amide bonds. The minimum Gasteiger partial charge on any atom is -0.394 e. The molecular weight excluding hydrogens is 336 g/mol. The van der Waals surface area contributed by atoms with Crippen LogP contribution in [-0.4, -0.2) is 37.3 Å². The van der Waals surface area contributed by atoms with Gasteiger partial charge in [0.05, 0.1) is 36.6 Å². The van der Waals surface area contributed by atoms with Gasteiger partial charge in [-0.2, -0.15) is 5.10 Å². The largest absolute Gasteiger partial charge is 0.394 e. The number of carbonyl (C=O) groups is 1. The first-order valence-corrected chi connectivity index (χ1v) is 9.04. The second kappa shape index (κ2) is 6.78. The Labute approximate surface area is 149 Å². The fraction of sp³-hybridized carbons (Fsp3) is 0.278. The molecule has 0 saturated carbocycles. The summed E-state index contributed by atoms with van der Waals surface area (Å²) < 4.78 is 1.77. The summed E-state index contributed by atoms with van der Waals surface area (Å²) in [4.78, 5) is 19.0. The highest BCUT2D eigenvalue weighted by molar-refractivity contribution is 7.09. The van der Waals surface area contributed by atoms with Gasteiger partial charge in [-0.05, 0) is 5.56 Å². The van der Waals surface area contributed by atoms with E-state index in [0.717, 1.165) is 22.7 Å². The lowest BCUT2D eigenvalue weighted by molar-refractivity contribution is 0.0742. The number of carbonyl (C=O) groups excluding carboxylic acids is 1. The molecule has 4 rings (SSSR count). The van der Waals surface area contributed by atoms with Crippen molar-refractivity contribution in [3.8, 4) is 0 Å². The molecule has 0 spiro atoms. The molecule has 1 aromatic carbocycles. The lowest BCUT2D eigenvalue weighted by Gasteiger charge is -2.14. The van der Waals surface area contributed by atoms with E-state index in [1.165, 1.54) is 16.9 Å². The monoisotopic (exact) mass is 354 g/mol. The van der Waals surface area contributed by atoms with Crippen molar-refractivity contribution in [1.29, 1.82) is 0 Å². The zero-order chi connectivity index (χ0) is 17.2. The first-order valence-electron chi connectivity index (χ1n) is 8.16. The second-order valence-corrected chi connectivity index (χ2v) is 6.96. The molecular formula is C18H18N4O2S. The van der Waals surface area contributed by atoms with Crippen molar-refractivity contribution < 1.29 is 9.90 Å². The number of hydrogen-bond donors (Lipinski definition) is 1. The molecule has 0 radical (unpaired) electrons. The number of aromatic nitrogens is 3. The van der Waals surface area contributed by atoms with Crippen molar-refractivity contribution in [1.82, 2.24) is 19.7 Å². The maximum absolute atomic E-state index is 12.7. The molecule has 0 bridgehead atoms. The van der Waals surface area contributed by atoms with Crippen LogP contribution in [0.5, 0.6) is 0 Å². The van der Waals surface area contributed by atoms with Crippen LogP contribution in [0.1, 0.15) is 32.3 Å². The normalized spacial score (nSPS) is 13.2. The molecule has 25 heavy (non-hydrogen) atoms. The van der Waals surface area contributed by atoms with Gasteiger partial charge in [0.1, 0.15) is 5.69 Å². The number of fused-ring (bicyclic) bond motifs is 1. The number of nitrogens with zero attached hydrogens (tertiary/aromatic N) is 4. The maximum atomic E-state index is 12.7. The van der Waals surface area contributed by atoms with Gasteiger partial charge in [0.2, 0.25) is 0 Å². The van der Waals surface area contributed by atoms with Crippen LogP contribution in [0, 0.1) is 0 Å². The van der Waals surface area contributed by atoms with Gasteiger partial charge in [0.15, 0.2) is 0 Å².